The lowest BCUT2D eigenvalue weighted by molar-refractivity contribution is 0.112. The van der Waals surface area contributed by atoms with E-state index >= 15 is 0 Å². The summed E-state index contributed by atoms with van der Waals surface area (Å²) in [6.07, 6.45) is 0.788. The summed E-state index contributed by atoms with van der Waals surface area (Å²) < 4.78 is 12.7. The average molecular weight is 400 g/mol. The van der Waals surface area contributed by atoms with Gasteiger partial charge in [0.15, 0.2) is 6.29 Å². The van der Waals surface area contributed by atoms with E-state index in [9.17, 15) is 4.79 Å². The Hall–Kier alpha value is -1.33. The molecule has 0 saturated heterocycles. The molecule has 0 atom stereocenters. The fourth-order valence-electron chi connectivity index (χ4n) is 1.72. The summed E-state index contributed by atoms with van der Waals surface area (Å²) in [6.45, 7) is 0.364. The van der Waals surface area contributed by atoms with Crippen molar-refractivity contribution in [2.75, 3.05) is 7.11 Å². The molecule has 3 nitrogen and oxygen atoms in total. The molecule has 104 valence electrons. The van der Waals surface area contributed by atoms with Crippen molar-refractivity contribution in [1.82, 2.24) is 0 Å². The Balaban J connectivity index is 2.16. The number of methoxy groups -OCH3 is 1. The Morgan fingerprint density at radius 2 is 1.95 bits per heavy atom. The summed E-state index contributed by atoms with van der Waals surface area (Å²) in [7, 11) is 1.62. The van der Waals surface area contributed by atoms with Crippen LogP contribution in [0.4, 0.5) is 0 Å². The van der Waals surface area contributed by atoms with Gasteiger partial charge in [0.25, 0.3) is 0 Å². The van der Waals surface area contributed by atoms with Crippen molar-refractivity contribution in [1.29, 1.82) is 0 Å². The third-order valence-corrected chi connectivity index (χ3v) is 3.95. The fourth-order valence-corrected chi connectivity index (χ4v) is 2.47. The van der Waals surface area contributed by atoms with E-state index in [1.165, 1.54) is 0 Å². The Morgan fingerprint density at radius 1 is 1.15 bits per heavy atom. The van der Waals surface area contributed by atoms with Crippen molar-refractivity contribution < 1.29 is 14.3 Å². The summed E-state index contributed by atoms with van der Waals surface area (Å²) in [6, 6.07) is 11.0. The molecule has 0 radical (unpaired) electrons. The van der Waals surface area contributed by atoms with Gasteiger partial charge >= 0.3 is 0 Å². The van der Waals surface area contributed by atoms with Crippen molar-refractivity contribution in [3.05, 3.63) is 56.5 Å². The molecular formula is C15H12Br2O3. The molecule has 0 spiro atoms. The smallest absolute Gasteiger partial charge is 0.151 e. The molecule has 2 aromatic carbocycles. The molecule has 0 bridgehead atoms. The Bertz CT molecular complexity index is 627. The van der Waals surface area contributed by atoms with Crippen LogP contribution in [-0.2, 0) is 6.61 Å². The first kappa shape index (κ1) is 15.1. The molecule has 0 aliphatic carbocycles. The highest BCUT2D eigenvalue weighted by atomic mass is 79.9. The van der Waals surface area contributed by atoms with Crippen LogP contribution < -0.4 is 9.47 Å². The lowest BCUT2D eigenvalue weighted by Gasteiger charge is -2.11. The van der Waals surface area contributed by atoms with E-state index in [1.807, 2.05) is 24.3 Å². The van der Waals surface area contributed by atoms with Crippen molar-refractivity contribution in [3.8, 4) is 11.5 Å². The second-order valence-electron chi connectivity index (χ2n) is 4.05. The van der Waals surface area contributed by atoms with Crippen LogP contribution in [0.5, 0.6) is 11.5 Å². The molecule has 0 unspecified atom stereocenters. The quantitative estimate of drug-likeness (QED) is 0.688. The molecule has 2 aromatic rings. The number of ether oxygens (including phenoxy) is 2. The van der Waals surface area contributed by atoms with E-state index in [0.717, 1.165) is 26.5 Å². The fraction of sp³-hybridized carbons (Fsp3) is 0.133. The average Bonchev–Trinajstić information content (AvgIpc) is 2.46. The van der Waals surface area contributed by atoms with Crippen LogP contribution in [0.15, 0.2) is 45.3 Å². The monoisotopic (exact) mass is 398 g/mol. The molecule has 0 aromatic heterocycles. The van der Waals surface area contributed by atoms with Gasteiger partial charge in [0.05, 0.1) is 7.11 Å². The van der Waals surface area contributed by atoms with Gasteiger partial charge in [0.2, 0.25) is 0 Å². The first-order valence-electron chi connectivity index (χ1n) is 5.84. The normalized spacial score (nSPS) is 10.2. The number of rotatable bonds is 5. The highest BCUT2D eigenvalue weighted by Crippen LogP contribution is 2.26. The van der Waals surface area contributed by atoms with Gasteiger partial charge in [-0.3, -0.25) is 4.79 Å². The molecule has 0 saturated carbocycles. The number of carbonyl (C=O) groups is 1. The van der Waals surface area contributed by atoms with Crippen LogP contribution in [0.1, 0.15) is 15.9 Å². The van der Waals surface area contributed by atoms with E-state index in [-0.39, 0.29) is 0 Å². The van der Waals surface area contributed by atoms with Crippen molar-refractivity contribution in [2.45, 2.75) is 6.61 Å². The Kier molecular flexibility index (Phi) is 5.20. The number of benzene rings is 2. The van der Waals surface area contributed by atoms with E-state index < -0.39 is 0 Å². The Labute approximate surface area is 134 Å². The zero-order valence-corrected chi connectivity index (χ0v) is 13.9. The highest BCUT2D eigenvalue weighted by Gasteiger charge is 2.06. The maximum absolute atomic E-state index is 10.9. The maximum Gasteiger partial charge on any atom is 0.151 e. The van der Waals surface area contributed by atoms with E-state index in [2.05, 4.69) is 31.9 Å². The van der Waals surface area contributed by atoms with Gasteiger partial charge in [0, 0.05) is 20.1 Å². The first-order chi connectivity index (χ1) is 9.63. The number of halogens is 2. The zero-order valence-electron chi connectivity index (χ0n) is 10.7. The van der Waals surface area contributed by atoms with Crippen LogP contribution in [0.25, 0.3) is 0 Å². The van der Waals surface area contributed by atoms with Crippen molar-refractivity contribution in [2.24, 2.45) is 0 Å². The van der Waals surface area contributed by atoms with Gasteiger partial charge in [-0.25, -0.2) is 0 Å². The minimum Gasteiger partial charge on any atom is -0.496 e. The molecule has 5 heteroatoms. The van der Waals surface area contributed by atoms with Crippen LogP contribution >= 0.6 is 31.9 Å². The number of carbonyl (C=O) groups excluding carboxylic acids is 1. The molecule has 0 heterocycles. The predicted octanol–water partition coefficient (Wildman–Crippen LogP) is 4.61. The lowest BCUT2D eigenvalue weighted by Crippen LogP contribution is -1.99. The summed E-state index contributed by atoms with van der Waals surface area (Å²) >= 11 is 6.73. The molecule has 0 aliphatic rings. The Morgan fingerprint density at radius 3 is 2.65 bits per heavy atom. The predicted molar refractivity (Wildman–Crippen MR) is 84.6 cm³/mol. The van der Waals surface area contributed by atoms with Gasteiger partial charge in [0.1, 0.15) is 18.1 Å². The highest BCUT2D eigenvalue weighted by molar-refractivity contribution is 9.10. The molecule has 2 rings (SSSR count). The second kappa shape index (κ2) is 6.90. The summed E-state index contributed by atoms with van der Waals surface area (Å²) in [5, 5.41) is 0. The first-order valence-corrected chi connectivity index (χ1v) is 7.42. The van der Waals surface area contributed by atoms with Crippen LogP contribution in [-0.4, -0.2) is 13.4 Å². The molecule has 0 aliphatic heterocycles. The largest absolute Gasteiger partial charge is 0.496 e. The number of hydrogen-bond donors (Lipinski definition) is 0. The van der Waals surface area contributed by atoms with E-state index in [4.69, 9.17) is 9.47 Å². The molecule has 0 amide bonds. The minimum absolute atomic E-state index is 0.364. The van der Waals surface area contributed by atoms with E-state index in [0.29, 0.717) is 17.9 Å². The van der Waals surface area contributed by atoms with Crippen LogP contribution in [0.2, 0.25) is 0 Å². The van der Waals surface area contributed by atoms with Crippen LogP contribution in [0.3, 0.4) is 0 Å². The van der Waals surface area contributed by atoms with E-state index in [1.54, 1.807) is 19.2 Å². The maximum atomic E-state index is 10.9. The molecule has 0 fully saturated rings. The summed E-state index contributed by atoms with van der Waals surface area (Å²) in [5.41, 5.74) is 1.49. The second-order valence-corrected chi connectivity index (χ2v) is 5.82. The van der Waals surface area contributed by atoms with Crippen molar-refractivity contribution in [3.63, 3.8) is 0 Å². The summed E-state index contributed by atoms with van der Waals surface area (Å²) in [5.74, 6) is 1.40. The van der Waals surface area contributed by atoms with Gasteiger partial charge < -0.3 is 9.47 Å². The number of hydrogen-bond acceptors (Lipinski definition) is 3. The SMILES string of the molecule is COc1ccc(Br)cc1COc1ccc(Br)c(C=O)c1. The zero-order chi connectivity index (χ0) is 14.5. The molecular weight excluding hydrogens is 388 g/mol. The van der Waals surface area contributed by atoms with Gasteiger partial charge in [-0.15, -0.1) is 0 Å². The summed E-state index contributed by atoms with van der Waals surface area (Å²) in [4.78, 5) is 10.9. The number of aldehydes is 1. The third kappa shape index (κ3) is 3.61. The van der Waals surface area contributed by atoms with Gasteiger partial charge in [-0.05, 0) is 36.4 Å². The standard InChI is InChI=1S/C15H12Br2O3/c1-19-15-5-2-12(16)6-11(15)9-20-13-3-4-14(17)10(7-13)8-18/h2-8H,9H2,1H3. The molecule has 0 N–H and O–H groups in total. The topological polar surface area (TPSA) is 35.5 Å². The van der Waals surface area contributed by atoms with Gasteiger partial charge in [-0.2, -0.15) is 0 Å². The third-order valence-electron chi connectivity index (χ3n) is 2.73. The van der Waals surface area contributed by atoms with Crippen molar-refractivity contribution >= 4 is 38.1 Å². The van der Waals surface area contributed by atoms with Crippen LogP contribution in [0, 0.1) is 0 Å². The minimum atomic E-state index is 0.364. The van der Waals surface area contributed by atoms with Gasteiger partial charge in [-0.1, -0.05) is 31.9 Å². The molecule has 20 heavy (non-hydrogen) atoms. The lowest BCUT2D eigenvalue weighted by atomic mass is 10.2.